The maximum atomic E-state index is 12.5. The second kappa shape index (κ2) is 6.39. The Bertz CT molecular complexity index is 464. The van der Waals surface area contributed by atoms with Crippen molar-refractivity contribution in [3.8, 4) is 5.75 Å². The van der Waals surface area contributed by atoms with Gasteiger partial charge in [-0.1, -0.05) is 0 Å². The normalized spacial score (nSPS) is 19.3. The van der Waals surface area contributed by atoms with E-state index in [0.717, 1.165) is 23.7 Å². The van der Waals surface area contributed by atoms with Gasteiger partial charge in [0.2, 0.25) is 0 Å². The molecule has 0 bridgehead atoms. The molecule has 0 spiro atoms. The van der Waals surface area contributed by atoms with Gasteiger partial charge in [-0.25, -0.2) is 0 Å². The summed E-state index contributed by atoms with van der Waals surface area (Å²) in [6.45, 7) is 0.747. The minimum absolute atomic E-state index is 0.0258. The zero-order valence-corrected chi connectivity index (χ0v) is 12.5. The fraction of sp³-hybridized carbons (Fsp3) is 0.500. The van der Waals surface area contributed by atoms with Crippen LogP contribution in [-0.4, -0.2) is 42.2 Å². The molecule has 104 valence electrons. The number of hydrogen-bond donors (Lipinski definition) is 1. The summed E-state index contributed by atoms with van der Waals surface area (Å²) in [4.78, 5) is 14.2. The fourth-order valence-corrected chi connectivity index (χ4v) is 2.96. The zero-order chi connectivity index (χ0) is 13.8. The van der Waals surface area contributed by atoms with Gasteiger partial charge >= 0.3 is 0 Å². The number of amides is 1. The van der Waals surface area contributed by atoms with Crippen LogP contribution >= 0.6 is 15.9 Å². The first-order chi connectivity index (χ1) is 9.17. The molecule has 1 aliphatic heterocycles. The molecule has 1 aromatic rings. The molecular weight excluding hydrogens is 310 g/mol. The van der Waals surface area contributed by atoms with E-state index >= 15 is 0 Å². The summed E-state index contributed by atoms with van der Waals surface area (Å²) in [5.74, 6) is 0.677. The van der Waals surface area contributed by atoms with Crippen LogP contribution in [0.3, 0.4) is 0 Å². The maximum absolute atomic E-state index is 12.5. The Balaban J connectivity index is 2.20. The Kier molecular flexibility index (Phi) is 4.82. The number of methoxy groups -OCH3 is 1. The molecule has 2 rings (SSSR count). The van der Waals surface area contributed by atoms with Crippen LogP contribution in [0.4, 0.5) is 0 Å². The minimum atomic E-state index is -0.0536. The number of carbonyl (C=O) groups excluding carboxylic acids is 1. The van der Waals surface area contributed by atoms with Gasteiger partial charge in [0.15, 0.2) is 0 Å². The number of nitrogens with zero attached hydrogens (tertiary/aromatic N) is 1. The lowest BCUT2D eigenvalue weighted by Crippen LogP contribution is -2.45. The number of halogens is 1. The van der Waals surface area contributed by atoms with Gasteiger partial charge in [0, 0.05) is 12.1 Å². The summed E-state index contributed by atoms with van der Waals surface area (Å²) in [5, 5.41) is 9.37. The monoisotopic (exact) mass is 327 g/mol. The average molecular weight is 328 g/mol. The summed E-state index contributed by atoms with van der Waals surface area (Å²) in [6, 6.07) is 5.25. The Morgan fingerprint density at radius 3 is 2.95 bits per heavy atom. The lowest BCUT2D eigenvalue weighted by Gasteiger charge is -2.34. The molecule has 1 saturated heterocycles. The average Bonchev–Trinajstić information content (AvgIpc) is 2.46. The highest BCUT2D eigenvalue weighted by molar-refractivity contribution is 9.10. The molecule has 1 fully saturated rings. The molecule has 1 amide bonds. The summed E-state index contributed by atoms with van der Waals surface area (Å²) in [5.41, 5.74) is 0.619. The van der Waals surface area contributed by atoms with E-state index in [9.17, 15) is 9.90 Å². The topological polar surface area (TPSA) is 49.8 Å². The van der Waals surface area contributed by atoms with Gasteiger partial charge in [-0.15, -0.1) is 0 Å². The number of aliphatic hydroxyl groups is 1. The molecule has 0 saturated carbocycles. The van der Waals surface area contributed by atoms with Gasteiger partial charge in [-0.2, -0.15) is 0 Å². The van der Waals surface area contributed by atoms with Crippen LogP contribution in [-0.2, 0) is 0 Å². The molecule has 1 aromatic carbocycles. The van der Waals surface area contributed by atoms with Crippen molar-refractivity contribution in [2.75, 3.05) is 20.3 Å². The van der Waals surface area contributed by atoms with Crippen LogP contribution in [0.25, 0.3) is 0 Å². The third kappa shape index (κ3) is 3.09. The van der Waals surface area contributed by atoms with Crippen molar-refractivity contribution >= 4 is 21.8 Å². The minimum Gasteiger partial charge on any atom is -0.496 e. The van der Waals surface area contributed by atoms with E-state index in [0.29, 0.717) is 17.9 Å². The Morgan fingerprint density at radius 1 is 1.53 bits per heavy atom. The first-order valence-corrected chi connectivity index (χ1v) is 7.22. The molecule has 1 unspecified atom stereocenters. The van der Waals surface area contributed by atoms with Gasteiger partial charge in [0.05, 0.1) is 24.2 Å². The zero-order valence-electron chi connectivity index (χ0n) is 10.9. The number of piperidine rings is 1. The molecule has 0 aromatic heterocycles. The van der Waals surface area contributed by atoms with E-state index < -0.39 is 0 Å². The van der Waals surface area contributed by atoms with Gasteiger partial charge in [-0.3, -0.25) is 4.79 Å². The molecule has 5 heteroatoms. The lowest BCUT2D eigenvalue weighted by atomic mass is 10.0. The summed E-state index contributed by atoms with van der Waals surface area (Å²) in [6.07, 6.45) is 2.94. The maximum Gasteiger partial charge on any atom is 0.254 e. The van der Waals surface area contributed by atoms with Crippen LogP contribution in [0, 0.1) is 0 Å². The van der Waals surface area contributed by atoms with Crippen LogP contribution < -0.4 is 4.74 Å². The molecule has 4 nitrogen and oxygen atoms in total. The smallest absolute Gasteiger partial charge is 0.254 e. The number of hydrogen-bond acceptors (Lipinski definition) is 3. The molecule has 1 atom stereocenters. The number of carbonyl (C=O) groups is 1. The SMILES string of the molecule is COc1ccc(C(=O)N2CCCCC2CO)cc1Br. The van der Waals surface area contributed by atoms with Crippen LogP contribution in [0.5, 0.6) is 5.75 Å². The van der Waals surface area contributed by atoms with E-state index in [2.05, 4.69) is 15.9 Å². The van der Waals surface area contributed by atoms with Crippen molar-refractivity contribution in [1.29, 1.82) is 0 Å². The number of likely N-dealkylation sites (tertiary alicyclic amines) is 1. The largest absolute Gasteiger partial charge is 0.496 e. The third-order valence-electron chi connectivity index (χ3n) is 3.50. The van der Waals surface area contributed by atoms with Crippen molar-refractivity contribution < 1.29 is 14.6 Å². The number of benzene rings is 1. The molecular formula is C14H18BrNO3. The van der Waals surface area contributed by atoms with Gasteiger partial charge in [0.1, 0.15) is 5.75 Å². The standard InChI is InChI=1S/C14H18BrNO3/c1-19-13-6-5-10(8-12(13)15)14(18)16-7-3-2-4-11(16)9-17/h5-6,8,11,17H,2-4,7,9H2,1H3. The summed E-state index contributed by atoms with van der Waals surface area (Å²) < 4.78 is 5.92. The van der Waals surface area contributed by atoms with Crippen LogP contribution in [0.2, 0.25) is 0 Å². The van der Waals surface area contributed by atoms with Crippen LogP contribution in [0.1, 0.15) is 29.6 Å². The Morgan fingerprint density at radius 2 is 2.32 bits per heavy atom. The first-order valence-electron chi connectivity index (χ1n) is 6.42. The van der Waals surface area contributed by atoms with Gasteiger partial charge < -0.3 is 14.7 Å². The van der Waals surface area contributed by atoms with Gasteiger partial charge in [-0.05, 0) is 53.4 Å². The third-order valence-corrected chi connectivity index (χ3v) is 4.12. The number of ether oxygens (including phenoxy) is 1. The predicted molar refractivity (Wildman–Crippen MR) is 76.5 cm³/mol. The predicted octanol–water partition coefficient (Wildman–Crippen LogP) is 2.44. The van der Waals surface area contributed by atoms with E-state index in [1.54, 1.807) is 30.2 Å². The molecule has 0 aliphatic carbocycles. The highest BCUT2D eigenvalue weighted by Gasteiger charge is 2.27. The summed E-state index contributed by atoms with van der Waals surface area (Å²) in [7, 11) is 1.59. The van der Waals surface area contributed by atoms with Crippen molar-refractivity contribution in [3.05, 3.63) is 28.2 Å². The molecule has 1 heterocycles. The van der Waals surface area contributed by atoms with Crippen LogP contribution in [0.15, 0.2) is 22.7 Å². The van der Waals surface area contributed by atoms with E-state index in [1.807, 2.05) is 0 Å². The molecule has 1 N–H and O–H groups in total. The van der Waals surface area contributed by atoms with Crippen molar-refractivity contribution in [2.45, 2.75) is 25.3 Å². The number of rotatable bonds is 3. The van der Waals surface area contributed by atoms with Crippen molar-refractivity contribution in [1.82, 2.24) is 4.90 Å². The number of aliphatic hydroxyl groups excluding tert-OH is 1. The Hall–Kier alpha value is -1.07. The van der Waals surface area contributed by atoms with Crippen molar-refractivity contribution in [3.63, 3.8) is 0 Å². The second-order valence-corrected chi connectivity index (χ2v) is 5.53. The lowest BCUT2D eigenvalue weighted by molar-refractivity contribution is 0.0503. The van der Waals surface area contributed by atoms with E-state index in [4.69, 9.17) is 4.74 Å². The molecule has 0 radical (unpaired) electrons. The highest BCUT2D eigenvalue weighted by Crippen LogP contribution is 2.27. The fourth-order valence-electron chi connectivity index (χ4n) is 2.42. The van der Waals surface area contributed by atoms with Gasteiger partial charge in [0.25, 0.3) is 5.91 Å². The first kappa shape index (κ1) is 14.3. The van der Waals surface area contributed by atoms with E-state index in [1.165, 1.54) is 0 Å². The quantitative estimate of drug-likeness (QED) is 0.927. The summed E-state index contributed by atoms with van der Waals surface area (Å²) >= 11 is 3.39. The van der Waals surface area contributed by atoms with E-state index in [-0.39, 0.29) is 18.6 Å². The molecule has 1 aliphatic rings. The highest BCUT2D eigenvalue weighted by atomic mass is 79.9. The van der Waals surface area contributed by atoms with Crippen molar-refractivity contribution in [2.24, 2.45) is 0 Å². The molecule has 19 heavy (non-hydrogen) atoms. The second-order valence-electron chi connectivity index (χ2n) is 4.68. The Labute approximate surface area is 121 Å².